The van der Waals surface area contributed by atoms with Gasteiger partial charge in [0.25, 0.3) is 10.0 Å². The summed E-state index contributed by atoms with van der Waals surface area (Å²) in [6.07, 6.45) is 1.62. The van der Waals surface area contributed by atoms with Crippen LogP contribution in [0.15, 0.2) is 77.7 Å². The molecule has 7 heteroatoms. The fourth-order valence-electron chi connectivity index (χ4n) is 4.27. The quantitative estimate of drug-likeness (QED) is 0.504. The number of carbonyl (C=O) groups excluding carboxylic acids is 1. The number of nitrogens with one attached hydrogen (secondary N) is 2. The Hall–Kier alpha value is -3.16. The first-order valence-electron chi connectivity index (χ1n) is 11.6. The summed E-state index contributed by atoms with van der Waals surface area (Å²) in [7, 11) is -3.70. The minimum Gasteiger partial charge on any atom is -0.326 e. The van der Waals surface area contributed by atoms with Crippen molar-refractivity contribution in [2.75, 3.05) is 23.1 Å². The van der Waals surface area contributed by atoms with Crippen molar-refractivity contribution < 1.29 is 13.2 Å². The summed E-state index contributed by atoms with van der Waals surface area (Å²) in [4.78, 5) is 15.3. The van der Waals surface area contributed by atoms with E-state index < -0.39 is 10.0 Å². The Morgan fingerprint density at radius 2 is 1.65 bits per heavy atom. The first-order chi connectivity index (χ1) is 16.3. The van der Waals surface area contributed by atoms with Crippen molar-refractivity contribution in [1.29, 1.82) is 0 Å². The lowest BCUT2D eigenvalue weighted by molar-refractivity contribution is -0.121. The predicted molar refractivity (Wildman–Crippen MR) is 136 cm³/mol. The van der Waals surface area contributed by atoms with Crippen LogP contribution >= 0.6 is 0 Å². The number of nitrogens with zero attached hydrogens (tertiary/aromatic N) is 1. The van der Waals surface area contributed by atoms with Crippen LogP contribution in [-0.2, 0) is 21.4 Å². The largest absolute Gasteiger partial charge is 0.326 e. The average Bonchev–Trinajstić information content (AvgIpc) is 2.81. The summed E-state index contributed by atoms with van der Waals surface area (Å²) in [6.45, 7) is 6.62. The van der Waals surface area contributed by atoms with Crippen molar-refractivity contribution in [1.82, 2.24) is 4.90 Å². The lowest BCUT2D eigenvalue weighted by Crippen LogP contribution is -2.37. The third kappa shape index (κ3) is 6.04. The molecule has 34 heavy (non-hydrogen) atoms. The number of hydrogen-bond acceptors (Lipinski definition) is 4. The summed E-state index contributed by atoms with van der Waals surface area (Å²) >= 11 is 0. The van der Waals surface area contributed by atoms with Crippen LogP contribution in [0, 0.1) is 19.8 Å². The molecule has 1 aliphatic heterocycles. The van der Waals surface area contributed by atoms with Crippen molar-refractivity contribution in [3.63, 3.8) is 0 Å². The monoisotopic (exact) mass is 477 g/mol. The van der Waals surface area contributed by atoms with Gasteiger partial charge in [-0.3, -0.25) is 14.4 Å². The molecule has 2 N–H and O–H groups in total. The number of sulfonamides is 1. The van der Waals surface area contributed by atoms with Crippen LogP contribution in [0.3, 0.4) is 0 Å². The molecule has 0 aromatic heterocycles. The molecule has 4 rings (SSSR count). The molecular formula is C27H31N3O3S. The van der Waals surface area contributed by atoms with Crippen LogP contribution in [0.25, 0.3) is 0 Å². The lowest BCUT2D eigenvalue weighted by atomic mass is 9.95. The van der Waals surface area contributed by atoms with Gasteiger partial charge in [0.2, 0.25) is 5.91 Å². The average molecular weight is 478 g/mol. The van der Waals surface area contributed by atoms with Gasteiger partial charge >= 0.3 is 0 Å². The molecule has 3 aromatic rings. The Kier molecular flexibility index (Phi) is 7.34. The molecule has 1 amide bonds. The lowest BCUT2D eigenvalue weighted by Gasteiger charge is -2.31. The Bertz CT molecular complexity index is 1250. The van der Waals surface area contributed by atoms with Gasteiger partial charge in [-0.2, -0.15) is 0 Å². The summed E-state index contributed by atoms with van der Waals surface area (Å²) in [5, 5.41) is 2.95. The highest BCUT2D eigenvalue weighted by Gasteiger charge is 2.25. The second-order valence-corrected chi connectivity index (χ2v) is 10.7. The maximum Gasteiger partial charge on any atom is 0.261 e. The number of benzene rings is 3. The Balaban J connectivity index is 1.30. The molecule has 1 saturated heterocycles. The Morgan fingerprint density at radius 3 is 2.32 bits per heavy atom. The van der Waals surface area contributed by atoms with Crippen LogP contribution in [0.5, 0.6) is 0 Å². The summed E-state index contributed by atoms with van der Waals surface area (Å²) < 4.78 is 28.0. The zero-order valence-electron chi connectivity index (χ0n) is 19.6. The van der Waals surface area contributed by atoms with E-state index in [4.69, 9.17) is 0 Å². The molecule has 1 fully saturated rings. The van der Waals surface area contributed by atoms with E-state index in [0.29, 0.717) is 11.4 Å². The minimum absolute atomic E-state index is 0.0103. The number of likely N-dealkylation sites (tertiary alicyclic amines) is 1. The van der Waals surface area contributed by atoms with Crippen molar-refractivity contribution in [3.05, 3.63) is 89.5 Å². The molecule has 6 nitrogen and oxygen atoms in total. The van der Waals surface area contributed by atoms with E-state index >= 15 is 0 Å². The van der Waals surface area contributed by atoms with Gasteiger partial charge in [-0.05, 0) is 81.2 Å². The normalized spacial score (nSPS) is 15.1. The van der Waals surface area contributed by atoms with Gasteiger partial charge < -0.3 is 5.32 Å². The smallest absolute Gasteiger partial charge is 0.261 e. The highest BCUT2D eigenvalue weighted by atomic mass is 32.2. The highest BCUT2D eigenvalue weighted by molar-refractivity contribution is 7.92. The topological polar surface area (TPSA) is 78.5 Å². The minimum atomic E-state index is -3.70. The third-order valence-electron chi connectivity index (χ3n) is 6.27. The van der Waals surface area contributed by atoms with E-state index in [9.17, 15) is 13.2 Å². The van der Waals surface area contributed by atoms with Gasteiger partial charge in [-0.1, -0.05) is 48.0 Å². The number of rotatable bonds is 7. The second-order valence-electron chi connectivity index (χ2n) is 8.97. The maximum atomic E-state index is 12.8. The van der Waals surface area contributed by atoms with Crippen LogP contribution < -0.4 is 10.0 Å². The van der Waals surface area contributed by atoms with Gasteiger partial charge in [0, 0.05) is 18.2 Å². The van der Waals surface area contributed by atoms with Crippen molar-refractivity contribution in [3.8, 4) is 0 Å². The van der Waals surface area contributed by atoms with E-state index in [1.807, 2.05) is 19.1 Å². The van der Waals surface area contributed by atoms with E-state index in [1.165, 1.54) is 23.3 Å². The summed E-state index contributed by atoms with van der Waals surface area (Å²) in [5.74, 6) is -0.0521. The molecule has 0 saturated carbocycles. The molecule has 0 atom stereocenters. The molecule has 178 valence electrons. The zero-order chi connectivity index (χ0) is 24.1. The molecule has 0 bridgehead atoms. The number of para-hydroxylation sites is 1. The fraction of sp³-hybridized carbons (Fsp3) is 0.296. The van der Waals surface area contributed by atoms with E-state index in [0.717, 1.165) is 38.0 Å². The van der Waals surface area contributed by atoms with Gasteiger partial charge in [0.15, 0.2) is 0 Å². The zero-order valence-corrected chi connectivity index (χ0v) is 20.4. The standard InChI is InChI=1S/C27H31N3O3S/c1-20-6-5-8-22(18-20)19-30-16-14-23(15-17-30)27(31)28-24-10-12-25(13-11-24)34(32,33)29-26-9-4-3-7-21(26)2/h3-13,18,23,29H,14-17,19H2,1-2H3,(H,28,31). The van der Waals surface area contributed by atoms with Crippen molar-refractivity contribution in [2.45, 2.75) is 38.1 Å². The van der Waals surface area contributed by atoms with Crippen molar-refractivity contribution in [2.24, 2.45) is 5.92 Å². The van der Waals surface area contributed by atoms with Crippen LogP contribution in [0.1, 0.15) is 29.5 Å². The van der Waals surface area contributed by atoms with Gasteiger partial charge in [-0.25, -0.2) is 8.42 Å². The first kappa shape index (κ1) is 24.0. The summed E-state index contributed by atoms with van der Waals surface area (Å²) in [5.41, 5.74) is 4.56. The number of amides is 1. The number of aryl methyl sites for hydroxylation is 2. The predicted octanol–water partition coefficient (Wildman–Crippen LogP) is 4.95. The fourth-order valence-corrected chi connectivity index (χ4v) is 5.41. The molecule has 0 aliphatic carbocycles. The maximum absolute atomic E-state index is 12.8. The van der Waals surface area contributed by atoms with Crippen LogP contribution in [0.4, 0.5) is 11.4 Å². The van der Waals surface area contributed by atoms with Crippen LogP contribution in [-0.4, -0.2) is 32.3 Å². The number of piperidine rings is 1. The number of carbonyl (C=O) groups is 1. The molecule has 0 unspecified atom stereocenters. The van der Waals surface area contributed by atoms with Crippen molar-refractivity contribution >= 4 is 27.3 Å². The molecule has 0 spiro atoms. The molecular weight excluding hydrogens is 446 g/mol. The van der Waals surface area contributed by atoms with Gasteiger partial charge in [0.05, 0.1) is 10.6 Å². The number of hydrogen-bond donors (Lipinski definition) is 2. The molecule has 1 heterocycles. The van der Waals surface area contributed by atoms with Crippen LogP contribution in [0.2, 0.25) is 0 Å². The van der Waals surface area contributed by atoms with E-state index in [-0.39, 0.29) is 16.7 Å². The molecule has 0 radical (unpaired) electrons. The molecule has 3 aromatic carbocycles. The second kappa shape index (κ2) is 10.4. The Labute approximate surface area is 202 Å². The molecule has 1 aliphatic rings. The van der Waals surface area contributed by atoms with E-state index in [1.54, 1.807) is 24.3 Å². The van der Waals surface area contributed by atoms with E-state index in [2.05, 4.69) is 46.1 Å². The third-order valence-corrected chi connectivity index (χ3v) is 7.65. The number of anilines is 2. The SMILES string of the molecule is Cc1cccc(CN2CCC(C(=O)Nc3ccc(S(=O)(=O)Nc4ccccc4C)cc3)CC2)c1. The summed E-state index contributed by atoms with van der Waals surface area (Å²) in [6, 6.07) is 22.1. The first-order valence-corrected chi connectivity index (χ1v) is 13.1. The van der Waals surface area contributed by atoms with Gasteiger partial charge in [-0.15, -0.1) is 0 Å². The highest BCUT2D eigenvalue weighted by Crippen LogP contribution is 2.23. The Morgan fingerprint density at radius 1 is 0.941 bits per heavy atom. The van der Waals surface area contributed by atoms with Gasteiger partial charge in [0.1, 0.15) is 0 Å².